The van der Waals surface area contributed by atoms with Gasteiger partial charge in [-0.05, 0) is 62.9 Å². The molecule has 38 heavy (non-hydrogen) atoms. The smallest absolute Gasteiger partial charge is 0.242 e. The highest BCUT2D eigenvalue weighted by Gasteiger charge is 2.30. The molecule has 208 valence electrons. The van der Waals surface area contributed by atoms with Crippen molar-refractivity contribution in [2.75, 3.05) is 17.1 Å². The fourth-order valence-electron chi connectivity index (χ4n) is 4.68. The average molecular weight is 603 g/mol. The van der Waals surface area contributed by atoms with Crippen molar-refractivity contribution in [3.8, 4) is 0 Å². The van der Waals surface area contributed by atoms with Gasteiger partial charge in [0.2, 0.25) is 21.8 Å². The molecule has 2 aromatic carbocycles. The Morgan fingerprint density at radius 3 is 2.21 bits per heavy atom. The summed E-state index contributed by atoms with van der Waals surface area (Å²) < 4.78 is 26.4. The van der Waals surface area contributed by atoms with Crippen LogP contribution in [0.1, 0.15) is 56.6 Å². The monoisotopic (exact) mass is 601 g/mol. The van der Waals surface area contributed by atoms with Crippen LogP contribution in [0.3, 0.4) is 0 Å². The Morgan fingerprint density at radius 2 is 1.61 bits per heavy atom. The van der Waals surface area contributed by atoms with Crippen molar-refractivity contribution >= 4 is 62.3 Å². The van der Waals surface area contributed by atoms with Crippen molar-refractivity contribution < 1.29 is 18.0 Å². The Hall–Kier alpha value is -2.00. The number of hydrogen-bond acceptors (Lipinski definition) is 4. The summed E-state index contributed by atoms with van der Waals surface area (Å²) in [5.74, 6) is -0.535. The van der Waals surface area contributed by atoms with E-state index in [-0.39, 0.29) is 43.8 Å². The van der Waals surface area contributed by atoms with Crippen LogP contribution in [-0.2, 0) is 26.2 Å². The Morgan fingerprint density at radius 1 is 1.03 bits per heavy atom. The van der Waals surface area contributed by atoms with E-state index in [9.17, 15) is 18.0 Å². The Labute approximate surface area is 240 Å². The number of carbonyl (C=O) groups excluding carboxylic acids is 2. The molecular formula is C27H34Cl3N3O4S. The van der Waals surface area contributed by atoms with E-state index in [2.05, 4.69) is 5.32 Å². The lowest BCUT2D eigenvalue weighted by molar-refractivity contribution is -0.140. The van der Waals surface area contributed by atoms with Crippen LogP contribution in [0.25, 0.3) is 0 Å². The van der Waals surface area contributed by atoms with Gasteiger partial charge in [0.15, 0.2) is 0 Å². The minimum Gasteiger partial charge on any atom is -0.352 e. The van der Waals surface area contributed by atoms with Crippen molar-refractivity contribution in [1.29, 1.82) is 0 Å². The molecule has 0 radical (unpaired) electrons. The van der Waals surface area contributed by atoms with Gasteiger partial charge in [0.1, 0.15) is 6.04 Å². The standard InChI is InChI=1S/C27H34Cl3N3O4S/c1-18-22(28)11-7-14-25(18)33(38(3,36)37)16-8-15-26(34)32(17-21-23(29)12-6-13-24(21)30)19(2)27(35)31-20-9-4-5-10-20/h6-7,11-14,19-20H,4-5,8-10,15-17H2,1-3H3,(H,31,35)/t19-/m0/s1. The zero-order valence-corrected chi connectivity index (χ0v) is 24.9. The summed E-state index contributed by atoms with van der Waals surface area (Å²) in [4.78, 5) is 28.1. The molecule has 0 bridgehead atoms. The maximum atomic E-state index is 13.5. The van der Waals surface area contributed by atoms with Crippen LogP contribution in [0.15, 0.2) is 36.4 Å². The number of hydrogen-bond donors (Lipinski definition) is 1. The molecule has 0 spiro atoms. The summed E-state index contributed by atoms with van der Waals surface area (Å²) in [6, 6.07) is 9.50. The first-order valence-electron chi connectivity index (χ1n) is 12.7. The van der Waals surface area contributed by atoms with E-state index in [4.69, 9.17) is 34.8 Å². The van der Waals surface area contributed by atoms with Gasteiger partial charge >= 0.3 is 0 Å². The second-order valence-corrected chi connectivity index (χ2v) is 12.8. The molecule has 1 saturated carbocycles. The van der Waals surface area contributed by atoms with Gasteiger partial charge < -0.3 is 10.2 Å². The summed E-state index contributed by atoms with van der Waals surface area (Å²) in [5, 5.41) is 4.32. The topological polar surface area (TPSA) is 86.8 Å². The van der Waals surface area contributed by atoms with Crippen LogP contribution in [0.4, 0.5) is 5.69 Å². The lowest BCUT2D eigenvalue weighted by Crippen LogP contribution is -2.49. The Balaban J connectivity index is 1.78. The largest absolute Gasteiger partial charge is 0.352 e. The number of nitrogens with one attached hydrogen (secondary N) is 1. The molecule has 0 saturated heterocycles. The SMILES string of the molecule is Cc1c(Cl)cccc1N(CCCC(=O)N(Cc1c(Cl)cccc1Cl)[C@@H](C)C(=O)NC1CCCC1)S(C)(=O)=O. The first-order valence-corrected chi connectivity index (χ1v) is 15.6. The third-order valence-corrected chi connectivity index (χ3v) is 9.22. The number of rotatable bonds is 11. The van der Waals surface area contributed by atoms with Gasteiger partial charge in [0.05, 0.1) is 11.9 Å². The van der Waals surface area contributed by atoms with Crippen molar-refractivity contribution in [2.45, 2.75) is 71.0 Å². The molecule has 3 rings (SSSR count). The van der Waals surface area contributed by atoms with Crippen molar-refractivity contribution in [1.82, 2.24) is 10.2 Å². The summed E-state index contributed by atoms with van der Waals surface area (Å²) in [5.41, 5.74) is 1.66. The first kappa shape index (κ1) is 30.5. The average Bonchev–Trinajstić information content (AvgIpc) is 3.35. The Kier molecular flexibility index (Phi) is 10.7. The van der Waals surface area contributed by atoms with Crippen LogP contribution < -0.4 is 9.62 Å². The normalized spacial score (nSPS) is 14.8. The van der Waals surface area contributed by atoms with Crippen LogP contribution in [-0.4, -0.2) is 50.0 Å². The van der Waals surface area contributed by atoms with Gasteiger partial charge in [-0.1, -0.05) is 59.8 Å². The van der Waals surface area contributed by atoms with Crippen LogP contribution in [0.2, 0.25) is 15.1 Å². The minimum absolute atomic E-state index is 0.0226. The molecule has 1 atom stereocenters. The van der Waals surface area contributed by atoms with E-state index in [1.807, 2.05) is 0 Å². The molecule has 1 fully saturated rings. The molecule has 1 aliphatic carbocycles. The molecule has 11 heteroatoms. The van der Waals surface area contributed by atoms with E-state index in [0.29, 0.717) is 31.9 Å². The van der Waals surface area contributed by atoms with Gasteiger partial charge in [0.25, 0.3) is 0 Å². The molecule has 1 aliphatic rings. The quantitative estimate of drug-likeness (QED) is 0.343. The van der Waals surface area contributed by atoms with Crippen molar-refractivity contribution in [3.05, 3.63) is 62.6 Å². The second-order valence-electron chi connectivity index (χ2n) is 9.71. The highest BCUT2D eigenvalue weighted by Crippen LogP contribution is 2.29. The maximum absolute atomic E-state index is 13.5. The summed E-state index contributed by atoms with van der Waals surface area (Å²) in [6.45, 7) is 3.57. The van der Waals surface area contributed by atoms with Gasteiger partial charge in [-0.15, -0.1) is 0 Å². The predicted molar refractivity (Wildman–Crippen MR) is 154 cm³/mol. The fourth-order valence-corrected chi connectivity index (χ4v) is 6.38. The van der Waals surface area contributed by atoms with Gasteiger partial charge in [-0.25, -0.2) is 8.42 Å². The minimum atomic E-state index is -3.63. The fraction of sp³-hybridized carbons (Fsp3) is 0.481. The molecule has 0 aromatic heterocycles. The molecule has 7 nitrogen and oxygen atoms in total. The van der Waals surface area contributed by atoms with Gasteiger partial charge in [-0.3, -0.25) is 13.9 Å². The molecule has 2 aromatic rings. The van der Waals surface area contributed by atoms with Gasteiger partial charge in [-0.2, -0.15) is 0 Å². The number of carbonyl (C=O) groups is 2. The number of benzene rings is 2. The van der Waals surface area contributed by atoms with Crippen LogP contribution >= 0.6 is 34.8 Å². The van der Waals surface area contributed by atoms with E-state index in [0.717, 1.165) is 31.9 Å². The second kappa shape index (κ2) is 13.4. The number of halogens is 3. The molecule has 1 N–H and O–H groups in total. The molecular weight excluding hydrogens is 569 g/mol. The lowest BCUT2D eigenvalue weighted by Gasteiger charge is -2.31. The predicted octanol–water partition coefficient (Wildman–Crippen LogP) is 5.98. The number of anilines is 1. The molecule has 0 heterocycles. The van der Waals surface area contributed by atoms with Crippen LogP contribution in [0, 0.1) is 6.92 Å². The van der Waals surface area contributed by atoms with Crippen molar-refractivity contribution in [2.24, 2.45) is 0 Å². The van der Waals surface area contributed by atoms with E-state index in [1.54, 1.807) is 50.2 Å². The third-order valence-electron chi connectivity index (χ3n) is 6.92. The highest BCUT2D eigenvalue weighted by atomic mass is 35.5. The van der Waals surface area contributed by atoms with Crippen LogP contribution in [0.5, 0.6) is 0 Å². The number of amides is 2. The number of sulfonamides is 1. The van der Waals surface area contributed by atoms with E-state index in [1.165, 1.54) is 9.21 Å². The Bertz CT molecular complexity index is 1250. The summed E-state index contributed by atoms with van der Waals surface area (Å²) in [6.07, 6.45) is 5.37. The lowest BCUT2D eigenvalue weighted by atomic mass is 10.1. The summed E-state index contributed by atoms with van der Waals surface area (Å²) in [7, 11) is -3.63. The molecule has 0 unspecified atom stereocenters. The van der Waals surface area contributed by atoms with E-state index >= 15 is 0 Å². The molecule has 2 amide bonds. The maximum Gasteiger partial charge on any atom is 0.242 e. The van der Waals surface area contributed by atoms with Gasteiger partial charge in [0, 0.05) is 46.2 Å². The van der Waals surface area contributed by atoms with E-state index < -0.39 is 16.1 Å². The van der Waals surface area contributed by atoms with Crippen molar-refractivity contribution in [3.63, 3.8) is 0 Å². The first-order chi connectivity index (χ1) is 17.9. The third kappa shape index (κ3) is 7.78. The zero-order valence-electron chi connectivity index (χ0n) is 21.8. The number of nitrogens with zero attached hydrogens (tertiary/aromatic N) is 2. The highest BCUT2D eigenvalue weighted by molar-refractivity contribution is 7.92. The summed E-state index contributed by atoms with van der Waals surface area (Å²) >= 11 is 19.0. The molecule has 0 aliphatic heterocycles. The zero-order chi connectivity index (χ0) is 28.0.